The molecule has 5 heteroatoms. The van der Waals surface area contributed by atoms with Crippen molar-refractivity contribution in [2.45, 2.75) is 19.8 Å². The summed E-state index contributed by atoms with van der Waals surface area (Å²) in [6, 6.07) is 5.33. The molecule has 108 valence electrons. The van der Waals surface area contributed by atoms with E-state index in [1.807, 2.05) is 13.0 Å². The maximum atomic E-state index is 12.4. The lowest BCUT2D eigenvalue weighted by Gasteiger charge is -2.30. The van der Waals surface area contributed by atoms with Crippen molar-refractivity contribution in [3.05, 3.63) is 34.3 Å². The first kappa shape index (κ1) is 14.9. The van der Waals surface area contributed by atoms with Crippen LogP contribution in [0.4, 0.5) is 0 Å². The van der Waals surface area contributed by atoms with Crippen LogP contribution in [0, 0.1) is 12.8 Å². The molecular formula is C15H18ClNO3. The summed E-state index contributed by atoms with van der Waals surface area (Å²) in [5.74, 6) is -0.309. The Hall–Kier alpha value is -1.55. The van der Waals surface area contributed by atoms with Gasteiger partial charge in [-0.1, -0.05) is 17.7 Å². The van der Waals surface area contributed by atoms with Crippen LogP contribution in [0.1, 0.15) is 28.8 Å². The fourth-order valence-corrected chi connectivity index (χ4v) is 2.57. The van der Waals surface area contributed by atoms with E-state index in [-0.39, 0.29) is 17.8 Å². The number of amides is 1. The molecule has 1 aromatic rings. The molecule has 1 aliphatic heterocycles. The Morgan fingerprint density at radius 1 is 1.30 bits per heavy atom. The molecule has 0 aliphatic carbocycles. The molecule has 1 aliphatic rings. The normalized spacial score (nSPS) is 16.1. The highest BCUT2D eigenvalue weighted by atomic mass is 35.5. The van der Waals surface area contributed by atoms with Gasteiger partial charge in [-0.3, -0.25) is 9.59 Å². The molecule has 0 bridgehead atoms. The standard InChI is InChI=1S/C15H18ClNO3/c1-10-3-4-12(9-13(10)16)14(18)17-7-5-11(6-8-17)15(19)20-2/h3-4,9,11H,5-8H2,1-2H3. The van der Waals surface area contributed by atoms with Crippen molar-refractivity contribution in [3.8, 4) is 0 Å². The average Bonchev–Trinajstić information content (AvgIpc) is 2.48. The van der Waals surface area contributed by atoms with Gasteiger partial charge in [0, 0.05) is 23.7 Å². The number of aryl methyl sites for hydroxylation is 1. The van der Waals surface area contributed by atoms with Crippen molar-refractivity contribution >= 4 is 23.5 Å². The number of rotatable bonds is 2. The highest BCUT2D eigenvalue weighted by molar-refractivity contribution is 6.31. The van der Waals surface area contributed by atoms with Gasteiger partial charge in [-0.15, -0.1) is 0 Å². The van der Waals surface area contributed by atoms with Gasteiger partial charge in [0.15, 0.2) is 0 Å². The first-order chi connectivity index (χ1) is 9.52. The van der Waals surface area contributed by atoms with Crippen molar-refractivity contribution in [1.82, 2.24) is 4.90 Å². The van der Waals surface area contributed by atoms with Gasteiger partial charge < -0.3 is 9.64 Å². The van der Waals surface area contributed by atoms with Crippen molar-refractivity contribution in [3.63, 3.8) is 0 Å². The van der Waals surface area contributed by atoms with Crippen LogP contribution in [0.5, 0.6) is 0 Å². The molecule has 0 atom stereocenters. The van der Waals surface area contributed by atoms with Gasteiger partial charge in [-0.25, -0.2) is 0 Å². The predicted octanol–water partition coefficient (Wildman–Crippen LogP) is 2.67. The molecule has 0 radical (unpaired) electrons. The number of ether oxygens (including phenoxy) is 1. The molecule has 1 aromatic carbocycles. The van der Waals surface area contributed by atoms with Gasteiger partial charge in [-0.05, 0) is 37.5 Å². The molecule has 2 rings (SSSR count). The van der Waals surface area contributed by atoms with E-state index in [9.17, 15) is 9.59 Å². The molecule has 0 N–H and O–H groups in total. The largest absolute Gasteiger partial charge is 0.469 e. The SMILES string of the molecule is COC(=O)C1CCN(C(=O)c2ccc(C)c(Cl)c2)CC1. The van der Waals surface area contributed by atoms with Crippen LogP contribution < -0.4 is 0 Å². The third-order valence-electron chi connectivity index (χ3n) is 3.74. The number of hydrogen-bond acceptors (Lipinski definition) is 3. The van der Waals surface area contributed by atoms with Gasteiger partial charge in [0.25, 0.3) is 5.91 Å². The van der Waals surface area contributed by atoms with E-state index in [1.165, 1.54) is 7.11 Å². The highest BCUT2D eigenvalue weighted by Crippen LogP contribution is 2.22. The average molecular weight is 296 g/mol. The number of methoxy groups -OCH3 is 1. The van der Waals surface area contributed by atoms with Crippen LogP contribution >= 0.6 is 11.6 Å². The number of carbonyl (C=O) groups is 2. The van der Waals surface area contributed by atoms with E-state index in [0.29, 0.717) is 36.5 Å². The maximum Gasteiger partial charge on any atom is 0.308 e. The summed E-state index contributed by atoms with van der Waals surface area (Å²) >= 11 is 6.05. The number of hydrogen-bond donors (Lipinski definition) is 0. The number of piperidine rings is 1. The fraction of sp³-hybridized carbons (Fsp3) is 0.467. The monoisotopic (exact) mass is 295 g/mol. The Balaban J connectivity index is 2.01. The van der Waals surface area contributed by atoms with E-state index in [2.05, 4.69) is 0 Å². The lowest BCUT2D eigenvalue weighted by molar-refractivity contribution is -0.146. The first-order valence-corrected chi connectivity index (χ1v) is 7.04. The third kappa shape index (κ3) is 3.12. The summed E-state index contributed by atoms with van der Waals surface area (Å²) in [6.45, 7) is 3.05. The van der Waals surface area contributed by atoms with Gasteiger partial charge in [-0.2, -0.15) is 0 Å². The second-order valence-electron chi connectivity index (χ2n) is 5.05. The Bertz CT molecular complexity index is 522. The molecule has 0 saturated carbocycles. The van der Waals surface area contributed by atoms with Crippen molar-refractivity contribution < 1.29 is 14.3 Å². The van der Waals surface area contributed by atoms with Crippen molar-refractivity contribution in [1.29, 1.82) is 0 Å². The zero-order valence-electron chi connectivity index (χ0n) is 11.7. The Morgan fingerprint density at radius 2 is 1.95 bits per heavy atom. The lowest BCUT2D eigenvalue weighted by atomic mass is 9.96. The first-order valence-electron chi connectivity index (χ1n) is 6.66. The molecule has 1 saturated heterocycles. The second-order valence-corrected chi connectivity index (χ2v) is 5.46. The highest BCUT2D eigenvalue weighted by Gasteiger charge is 2.28. The topological polar surface area (TPSA) is 46.6 Å². The van der Waals surface area contributed by atoms with Crippen LogP contribution in [0.25, 0.3) is 0 Å². The minimum Gasteiger partial charge on any atom is -0.469 e. The number of halogens is 1. The smallest absolute Gasteiger partial charge is 0.308 e. The molecule has 0 unspecified atom stereocenters. The summed E-state index contributed by atoms with van der Waals surface area (Å²) in [6.07, 6.45) is 1.30. The summed E-state index contributed by atoms with van der Waals surface area (Å²) in [7, 11) is 1.40. The summed E-state index contributed by atoms with van der Waals surface area (Å²) in [5, 5.41) is 0.597. The number of likely N-dealkylation sites (tertiary alicyclic amines) is 1. The van der Waals surface area contributed by atoms with Crippen molar-refractivity contribution in [2.75, 3.05) is 20.2 Å². The number of nitrogens with zero attached hydrogens (tertiary/aromatic N) is 1. The third-order valence-corrected chi connectivity index (χ3v) is 4.14. The number of benzene rings is 1. The number of carbonyl (C=O) groups excluding carboxylic acids is 2. The Morgan fingerprint density at radius 3 is 2.50 bits per heavy atom. The zero-order chi connectivity index (χ0) is 14.7. The van der Waals surface area contributed by atoms with Gasteiger partial charge in [0.2, 0.25) is 0 Å². The van der Waals surface area contributed by atoms with Crippen LogP contribution in [-0.2, 0) is 9.53 Å². The molecule has 1 amide bonds. The molecule has 0 spiro atoms. The van der Waals surface area contributed by atoms with E-state index in [4.69, 9.17) is 16.3 Å². The maximum absolute atomic E-state index is 12.4. The fourth-order valence-electron chi connectivity index (χ4n) is 2.39. The van der Waals surface area contributed by atoms with Crippen LogP contribution in [0.3, 0.4) is 0 Å². The summed E-state index contributed by atoms with van der Waals surface area (Å²) < 4.78 is 4.74. The molecular weight excluding hydrogens is 278 g/mol. The van der Waals surface area contributed by atoms with E-state index in [0.717, 1.165) is 5.56 Å². The molecule has 0 aromatic heterocycles. The van der Waals surface area contributed by atoms with E-state index >= 15 is 0 Å². The molecule has 1 heterocycles. The molecule has 20 heavy (non-hydrogen) atoms. The Labute approximate surface area is 123 Å². The predicted molar refractivity (Wildman–Crippen MR) is 76.8 cm³/mol. The minimum atomic E-state index is -0.185. The summed E-state index contributed by atoms with van der Waals surface area (Å²) in [5.41, 5.74) is 1.55. The van der Waals surface area contributed by atoms with Crippen LogP contribution in [0.2, 0.25) is 5.02 Å². The Kier molecular flexibility index (Phi) is 4.65. The van der Waals surface area contributed by atoms with Gasteiger partial charge in [0.1, 0.15) is 0 Å². The zero-order valence-corrected chi connectivity index (χ0v) is 12.4. The van der Waals surface area contributed by atoms with Crippen LogP contribution in [-0.4, -0.2) is 37.0 Å². The summed E-state index contributed by atoms with van der Waals surface area (Å²) in [4.78, 5) is 25.6. The quantitative estimate of drug-likeness (QED) is 0.788. The minimum absolute atomic E-state index is 0.0322. The van der Waals surface area contributed by atoms with E-state index in [1.54, 1.807) is 17.0 Å². The van der Waals surface area contributed by atoms with Crippen LogP contribution in [0.15, 0.2) is 18.2 Å². The second kappa shape index (κ2) is 6.27. The van der Waals surface area contributed by atoms with E-state index < -0.39 is 0 Å². The van der Waals surface area contributed by atoms with Crippen molar-refractivity contribution in [2.24, 2.45) is 5.92 Å². The molecule has 4 nitrogen and oxygen atoms in total. The number of esters is 1. The molecule has 1 fully saturated rings. The lowest BCUT2D eigenvalue weighted by Crippen LogP contribution is -2.40. The van der Waals surface area contributed by atoms with Gasteiger partial charge >= 0.3 is 5.97 Å². The van der Waals surface area contributed by atoms with Gasteiger partial charge in [0.05, 0.1) is 13.0 Å².